The van der Waals surface area contributed by atoms with Gasteiger partial charge in [0.15, 0.2) is 0 Å². The maximum Gasteiger partial charge on any atom is 0.307 e. The summed E-state index contributed by atoms with van der Waals surface area (Å²) in [5, 5.41) is 9.42. The molecule has 2 heterocycles. The average molecular weight is 241 g/mol. The number of nitrogens with zero attached hydrogens (tertiary/aromatic N) is 1. The summed E-state index contributed by atoms with van der Waals surface area (Å²) in [6.45, 7) is 0.794. The molecular weight excluding hydrogens is 226 g/mol. The van der Waals surface area contributed by atoms with E-state index in [1.54, 1.807) is 0 Å². The Bertz CT molecular complexity index is 559. The summed E-state index contributed by atoms with van der Waals surface area (Å²) in [5.41, 5.74) is 2.20. The first kappa shape index (κ1) is 11.1. The van der Waals surface area contributed by atoms with Crippen LogP contribution in [0.25, 0.3) is 0 Å². The van der Waals surface area contributed by atoms with Crippen molar-refractivity contribution in [3.8, 4) is 0 Å². The van der Waals surface area contributed by atoms with Gasteiger partial charge in [-0.2, -0.15) is 0 Å². The molecule has 1 N–H and O–H groups in total. The Kier molecular flexibility index (Phi) is 2.67. The number of aryl methyl sites for hydroxylation is 1. The molecule has 0 fully saturated rings. The van der Waals surface area contributed by atoms with Gasteiger partial charge in [-0.15, -0.1) is 0 Å². The number of carboxylic acid groups (broad SMARTS) is 1. The molecule has 1 aromatic carbocycles. The maximum absolute atomic E-state index is 11.5. The number of hydrogen-bond donors (Lipinski definition) is 1. The van der Waals surface area contributed by atoms with Crippen LogP contribution in [0.15, 0.2) is 48.7 Å². The minimum atomic E-state index is -0.698. The first-order valence-corrected chi connectivity index (χ1v) is 6.20. The quantitative estimate of drug-likeness (QED) is 0.878. The monoisotopic (exact) mass is 241 g/mol. The summed E-state index contributed by atoms with van der Waals surface area (Å²) in [4.78, 5) is 11.5. The Labute approximate surface area is 106 Å². The molecule has 0 radical (unpaired) electrons. The van der Waals surface area contributed by atoms with E-state index in [-0.39, 0.29) is 11.8 Å². The topological polar surface area (TPSA) is 42.2 Å². The van der Waals surface area contributed by atoms with Gasteiger partial charge in [0.2, 0.25) is 0 Å². The normalized spacial score (nSPS) is 22.4. The predicted molar refractivity (Wildman–Crippen MR) is 68.5 cm³/mol. The molecule has 3 rings (SSSR count). The highest BCUT2D eigenvalue weighted by molar-refractivity contribution is 5.72. The number of carboxylic acids is 1. The van der Waals surface area contributed by atoms with Crippen LogP contribution in [0.4, 0.5) is 0 Å². The summed E-state index contributed by atoms with van der Waals surface area (Å²) < 4.78 is 2.16. The molecule has 0 amide bonds. The van der Waals surface area contributed by atoms with Crippen LogP contribution in [0.2, 0.25) is 0 Å². The number of benzene rings is 1. The van der Waals surface area contributed by atoms with Crippen molar-refractivity contribution >= 4 is 5.97 Å². The van der Waals surface area contributed by atoms with Crippen LogP contribution in [-0.2, 0) is 11.3 Å². The van der Waals surface area contributed by atoms with Gasteiger partial charge in [0.1, 0.15) is 0 Å². The molecule has 92 valence electrons. The summed E-state index contributed by atoms with van der Waals surface area (Å²) in [6, 6.07) is 14.0. The number of fused-ring (bicyclic) bond motifs is 1. The summed E-state index contributed by atoms with van der Waals surface area (Å²) >= 11 is 0. The van der Waals surface area contributed by atoms with E-state index < -0.39 is 5.97 Å². The Morgan fingerprint density at radius 3 is 2.67 bits per heavy atom. The maximum atomic E-state index is 11.5. The first-order chi connectivity index (χ1) is 8.77. The van der Waals surface area contributed by atoms with Crippen LogP contribution in [0.5, 0.6) is 0 Å². The van der Waals surface area contributed by atoms with Gasteiger partial charge in [-0.25, -0.2) is 0 Å². The van der Waals surface area contributed by atoms with Crippen molar-refractivity contribution in [2.75, 3.05) is 0 Å². The highest BCUT2D eigenvalue weighted by Gasteiger charge is 2.35. The van der Waals surface area contributed by atoms with Crippen molar-refractivity contribution in [2.45, 2.75) is 18.9 Å². The second-order valence-electron chi connectivity index (χ2n) is 4.75. The number of hydrogen-bond acceptors (Lipinski definition) is 1. The molecule has 3 nitrogen and oxygen atoms in total. The zero-order chi connectivity index (χ0) is 12.5. The largest absolute Gasteiger partial charge is 0.481 e. The second kappa shape index (κ2) is 4.33. The van der Waals surface area contributed by atoms with E-state index in [4.69, 9.17) is 0 Å². The fourth-order valence-electron chi connectivity index (χ4n) is 2.89. The molecule has 0 bridgehead atoms. The molecule has 3 heteroatoms. The van der Waals surface area contributed by atoms with Crippen LogP contribution in [0.1, 0.15) is 23.6 Å². The fourth-order valence-corrected chi connectivity index (χ4v) is 2.89. The first-order valence-electron chi connectivity index (χ1n) is 6.20. The third-order valence-corrected chi connectivity index (χ3v) is 3.74. The Morgan fingerprint density at radius 1 is 1.17 bits per heavy atom. The van der Waals surface area contributed by atoms with Gasteiger partial charge in [0.05, 0.1) is 5.92 Å². The van der Waals surface area contributed by atoms with E-state index >= 15 is 0 Å². The zero-order valence-corrected chi connectivity index (χ0v) is 9.99. The fraction of sp³-hybridized carbons (Fsp3) is 0.267. The Hall–Kier alpha value is -2.03. The standard InChI is InChI=1S/C15H15NO2/c17-15(18)12-8-10-16-9-4-7-13(16)14(12)11-5-2-1-3-6-11/h1-7,9,12,14H,8,10H2,(H,17,18). The third-order valence-electron chi connectivity index (χ3n) is 3.74. The smallest absolute Gasteiger partial charge is 0.307 e. The number of rotatable bonds is 2. The minimum Gasteiger partial charge on any atom is -0.481 e. The van der Waals surface area contributed by atoms with E-state index in [9.17, 15) is 9.90 Å². The van der Waals surface area contributed by atoms with E-state index in [0.717, 1.165) is 17.8 Å². The van der Waals surface area contributed by atoms with Gasteiger partial charge in [0, 0.05) is 24.4 Å². The molecular formula is C15H15NO2. The number of aromatic nitrogens is 1. The number of carbonyl (C=O) groups is 1. The van der Waals surface area contributed by atoms with Crippen LogP contribution in [0, 0.1) is 5.92 Å². The van der Waals surface area contributed by atoms with Crippen molar-refractivity contribution in [1.29, 1.82) is 0 Å². The molecule has 1 aliphatic heterocycles. The summed E-state index contributed by atoms with van der Waals surface area (Å²) in [7, 11) is 0. The Morgan fingerprint density at radius 2 is 1.94 bits per heavy atom. The Balaban J connectivity index is 2.10. The van der Waals surface area contributed by atoms with Gasteiger partial charge in [0.25, 0.3) is 0 Å². The van der Waals surface area contributed by atoms with Crippen molar-refractivity contribution in [1.82, 2.24) is 4.57 Å². The number of aliphatic carboxylic acids is 1. The predicted octanol–water partition coefficient (Wildman–Crippen LogP) is 2.72. The van der Waals surface area contributed by atoms with Crippen LogP contribution >= 0.6 is 0 Å². The zero-order valence-electron chi connectivity index (χ0n) is 9.99. The van der Waals surface area contributed by atoms with Crippen molar-refractivity contribution in [3.63, 3.8) is 0 Å². The lowest BCUT2D eigenvalue weighted by atomic mass is 9.79. The highest BCUT2D eigenvalue weighted by atomic mass is 16.4. The molecule has 1 aliphatic rings. The molecule has 0 spiro atoms. The van der Waals surface area contributed by atoms with Gasteiger partial charge in [-0.05, 0) is 24.1 Å². The van der Waals surface area contributed by atoms with E-state index in [0.29, 0.717) is 6.42 Å². The highest BCUT2D eigenvalue weighted by Crippen LogP contribution is 2.38. The van der Waals surface area contributed by atoms with E-state index in [1.807, 2.05) is 48.7 Å². The molecule has 2 aromatic rings. The minimum absolute atomic E-state index is 0.0348. The molecule has 18 heavy (non-hydrogen) atoms. The molecule has 2 unspecified atom stereocenters. The third kappa shape index (κ3) is 1.72. The molecule has 2 atom stereocenters. The van der Waals surface area contributed by atoms with E-state index in [2.05, 4.69) is 4.57 Å². The lowest BCUT2D eigenvalue weighted by Gasteiger charge is -2.31. The van der Waals surface area contributed by atoms with Gasteiger partial charge in [-0.3, -0.25) is 4.79 Å². The van der Waals surface area contributed by atoms with Crippen LogP contribution < -0.4 is 0 Å². The van der Waals surface area contributed by atoms with Crippen molar-refractivity contribution < 1.29 is 9.90 Å². The van der Waals surface area contributed by atoms with Gasteiger partial charge < -0.3 is 9.67 Å². The van der Waals surface area contributed by atoms with Crippen molar-refractivity contribution in [3.05, 3.63) is 59.9 Å². The van der Waals surface area contributed by atoms with Gasteiger partial charge >= 0.3 is 5.97 Å². The van der Waals surface area contributed by atoms with E-state index in [1.165, 1.54) is 0 Å². The SMILES string of the molecule is O=C(O)C1CCn2cccc2C1c1ccccc1. The average Bonchev–Trinajstić information content (AvgIpc) is 2.86. The molecule has 0 saturated carbocycles. The van der Waals surface area contributed by atoms with Gasteiger partial charge in [-0.1, -0.05) is 30.3 Å². The van der Waals surface area contributed by atoms with Crippen molar-refractivity contribution in [2.24, 2.45) is 5.92 Å². The summed E-state index contributed by atoms with van der Waals surface area (Å²) in [6.07, 6.45) is 2.72. The lowest BCUT2D eigenvalue weighted by molar-refractivity contribution is -0.143. The van der Waals surface area contributed by atoms with Crippen LogP contribution in [-0.4, -0.2) is 15.6 Å². The second-order valence-corrected chi connectivity index (χ2v) is 4.75. The lowest BCUT2D eigenvalue weighted by Crippen LogP contribution is -2.30. The molecule has 0 saturated heterocycles. The molecule has 0 aliphatic carbocycles. The molecule has 1 aromatic heterocycles. The summed E-state index contributed by atoms with van der Waals surface area (Å²) in [5.74, 6) is -1.06. The van der Waals surface area contributed by atoms with Crippen LogP contribution in [0.3, 0.4) is 0 Å².